The Morgan fingerprint density at radius 3 is 2.48 bits per heavy atom. The molecule has 0 bridgehead atoms. The Morgan fingerprint density at radius 2 is 1.71 bits per heavy atom. The van der Waals surface area contributed by atoms with Crippen LogP contribution in [0.3, 0.4) is 0 Å². The number of nitriles is 1. The maximum absolute atomic E-state index is 9.29. The van der Waals surface area contributed by atoms with Crippen LogP contribution in [0.4, 0.5) is 0 Å². The predicted molar refractivity (Wildman–Crippen MR) is 87.3 cm³/mol. The summed E-state index contributed by atoms with van der Waals surface area (Å²) in [6, 6.07) is 18.5. The number of hydrogen-bond donors (Lipinski definition) is 0. The van der Waals surface area contributed by atoms with Crippen molar-refractivity contribution < 1.29 is 0 Å². The quantitative estimate of drug-likeness (QED) is 0.494. The summed E-state index contributed by atoms with van der Waals surface area (Å²) < 4.78 is 2.27. The number of aromatic nitrogens is 1. The number of hydrogen-bond acceptors (Lipinski definition) is 3. The fourth-order valence-corrected chi connectivity index (χ4v) is 3.96. The number of pyridine rings is 1. The molecular weight excluding hydrogens is 276 g/mol. The summed E-state index contributed by atoms with van der Waals surface area (Å²) in [6.07, 6.45) is 3.66. The van der Waals surface area contributed by atoms with Crippen LogP contribution in [0.1, 0.15) is 5.56 Å². The second-order valence-corrected chi connectivity index (χ2v) is 5.84. The molecule has 0 aliphatic rings. The molecule has 2 heterocycles. The number of fused-ring (bicyclic) bond motifs is 3. The highest BCUT2D eigenvalue weighted by atomic mass is 32.1. The second-order valence-electron chi connectivity index (χ2n) is 4.82. The summed E-state index contributed by atoms with van der Waals surface area (Å²) in [6.45, 7) is 0. The van der Waals surface area contributed by atoms with Crippen LogP contribution in [-0.4, -0.2) is 4.98 Å². The molecule has 3 heteroatoms. The highest BCUT2D eigenvalue weighted by molar-refractivity contribution is 7.26. The van der Waals surface area contributed by atoms with E-state index in [0.717, 1.165) is 21.2 Å². The molecule has 21 heavy (non-hydrogen) atoms. The first kappa shape index (κ1) is 12.1. The van der Waals surface area contributed by atoms with E-state index >= 15 is 0 Å². The fraction of sp³-hybridized carbons (Fsp3) is 0. The lowest BCUT2D eigenvalue weighted by Gasteiger charge is -2.02. The smallest absolute Gasteiger partial charge is 0.101 e. The molecule has 4 aromatic rings. The van der Waals surface area contributed by atoms with E-state index in [1.807, 2.05) is 24.4 Å². The van der Waals surface area contributed by atoms with Crippen LogP contribution >= 0.6 is 11.3 Å². The number of nitrogens with zero attached hydrogens (tertiary/aromatic N) is 2. The highest BCUT2D eigenvalue weighted by Gasteiger charge is 2.12. The summed E-state index contributed by atoms with van der Waals surface area (Å²) in [5.74, 6) is 0. The third kappa shape index (κ3) is 1.81. The van der Waals surface area contributed by atoms with Crippen LogP contribution in [0.25, 0.3) is 31.3 Å². The number of rotatable bonds is 1. The van der Waals surface area contributed by atoms with E-state index in [4.69, 9.17) is 0 Å². The van der Waals surface area contributed by atoms with E-state index in [1.54, 1.807) is 17.5 Å². The van der Waals surface area contributed by atoms with Gasteiger partial charge in [-0.1, -0.05) is 36.4 Å². The van der Waals surface area contributed by atoms with Crippen molar-refractivity contribution in [1.29, 1.82) is 5.26 Å². The third-order valence-corrected chi connectivity index (χ3v) is 4.91. The zero-order chi connectivity index (χ0) is 14.2. The first-order chi connectivity index (χ1) is 10.4. The van der Waals surface area contributed by atoms with Crippen molar-refractivity contribution in [2.45, 2.75) is 0 Å². The Labute approximate surface area is 125 Å². The largest absolute Gasteiger partial charge is 0.264 e. The number of benzene rings is 2. The minimum Gasteiger partial charge on any atom is -0.264 e. The van der Waals surface area contributed by atoms with Gasteiger partial charge in [-0.15, -0.1) is 11.3 Å². The monoisotopic (exact) mass is 286 g/mol. The Kier molecular flexibility index (Phi) is 2.70. The molecule has 0 aliphatic carbocycles. The summed E-state index contributed by atoms with van der Waals surface area (Å²) in [4.78, 5) is 4.21. The zero-order valence-electron chi connectivity index (χ0n) is 11.1. The molecule has 0 saturated carbocycles. The van der Waals surface area contributed by atoms with Gasteiger partial charge in [0.1, 0.15) is 6.07 Å². The molecule has 2 aromatic heterocycles. The first-order valence-corrected chi connectivity index (χ1v) is 7.45. The molecular formula is C18H10N2S. The van der Waals surface area contributed by atoms with Crippen molar-refractivity contribution in [3.63, 3.8) is 0 Å². The van der Waals surface area contributed by atoms with Gasteiger partial charge >= 0.3 is 0 Å². The average molecular weight is 286 g/mol. The molecule has 0 spiro atoms. The Morgan fingerprint density at radius 1 is 0.905 bits per heavy atom. The Balaban J connectivity index is 2.14. The molecule has 0 radical (unpaired) electrons. The molecule has 2 nitrogen and oxygen atoms in total. The fourth-order valence-electron chi connectivity index (χ4n) is 2.66. The molecule has 0 saturated heterocycles. The maximum Gasteiger partial charge on any atom is 0.101 e. The van der Waals surface area contributed by atoms with Crippen molar-refractivity contribution in [1.82, 2.24) is 4.98 Å². The van der Waals surface area contributed by atoms with Crippen LogP contribution in [0.15, 0.2) is 60.9 Å². The van der Waals surface area contributed by atoms with Gasteiger partial charge in [0.05, 0.1) is 10.3 Å². The van der Waals surface area contributed by atoms with Crippen molar-refractivity contribution in [3.05, 3.63) is 66.5 Å². The second kappa shape index (κ2) is 4.69. The molecule has 0 aliphatic heterocycles. The van der Waals surface area contributed by atoms with Crippen molar-refractivity contribution in [2.75, 3.05) is 0 Å². The van der Waals surface area contributed by atoms with Crippen LogP contribution in [0, 0.1) is 11.3 Å². The lowest BCUT2D eigenvalue weighted by atomic mass is 10.0. The molecule has 98 valence electrons. The summed E-state index contributed by atoms with van der Waals surface area (Å²) in [7, 11) is 0. The first-order valence-electron chi connectivity index (χ1n) is 6.63. The molecule has 2 aromatic carbocycles. The van der Waals surface area contributed by atoms with Gasteiger partial charge in [0.25, 0.3) is 0 Å². The van der Waals surface area contributed by atoms with Gasteiger partial charge in [0.15, 0.2) is 0 Å². The van der Waals surface area contributed by atoms with Gasteiger partial charge in [-0.2, -0.15) is 5.26 Å². The maximum atomic E-state index is 9.29. The summed E-state index contributed by atoms with van der Waals surface area (Å²) in [5.41, 5.74) is 3.02. The zero-order valence-corrected chi connectivity index (χ0v) is 11.9. The standard InChI is InChI=1S/C18H10N2S/c19-10-12-4-1-7-15-16-8-2-6-14(18(16)21-17(12)15)13-5-3-9-20-11-13/h1-9,11H. The molecule has 4 rings (SSSR count). The van der Waals surface area contributed by atoms with Crippen molar-refractivity contribution >= 4 is 31.5 Å². The van der Waals surface area contributed by atoms with E-state index < -0.39 is 0 Å². The number of thiophene rings is 1. The van der Waals surface area contributed by atoms with E-state index in [2.05, 4.69) is 41.4 Å². The van der Waals surface area contributed by atoms with Gasteiger partial charge < -0.3 is 0 Å². The van der Waals surface area contributed by atoms with Crippen LogP contribution in [-0.2, 0) is 0 Å². The molecule has 0 amide bonds. The minimum absolute atomic E-state index is 0.742. The third-order valence-electron chi connectivity index (χ3n) is 3.62. The summed E-state index contributed by atoms with van der Waals surface area (Å²) >= 11 is 1.68. The average Bonchev–Trinajstić information content (AvgIpc) is 2.94. The van der Waals surface area contributed by atoms with Gasteiger partial charge in [0, 0.05) is 39.0 Å². The Hall–Kier alpha value is -2.70. The SMILES string of the molecule is N#Cc1cccc2c1sc1c(-c3cccnc3)cccc12. The van der Waals surface area contributed by atoms with Gasteiger partial charge in [-0.3, -0.25) is 4.98 Å². The van der Waals surface area contributed by atoms with Crippen molar-refractivity contribution in [2.24, 2.45) is 0 Å². The predicted octanol–water partition coefficient (Wildman–Crippen LogP) is 4.99. The topological polar surface area (TPSA) is 36.7 Å². The van der Waals surface area contributed by atoms with Crippen LogP contribution in [0.2, 0.25) is 0 Å². The lowest BCUT2D eigenvalue weighted by molar-refractivity contribution is 1.33. The van der Waals surface area contributed by atoms with Gasteiger partial charge in [-0.05, 0) is 12.1 Å². The van der Waals surface area contributed by atoms with Gasteiger partial charge in [0.2, 0.25) is 0 Å². The van der Waals surface area contributed by atoms with Crippen molar-refractivity contribution in [3.8, 4) is 17.2 Å². The Bertz CT molecular complexity index is 994. The lowest BCUT2D eigenvalue weighted by Crippen LogP contribution is -1.79. The van der Waals surface area contributed by atoms with E-state index in [0.29, 0.717) is 0 Å². The molecule has 0 fully saturated rings. The summed E-state index contributed by atoms with van der Waals surface area (Å²) in [5, 5.41) is 11.6. The van der Waals surface area contributed by atoms with E-state index in [9.17, 15) is 5.26 Å². The molecule has 0 atom stereocenters. The van der Waals surface area contributed by atoms with Gasteiger partial charge in [-0.25, -0.2) is 0 Å². The van der Waals surface area contributed by atoms with E-state index in [-0.39, 0.29) is 0 Å². The minimum atomic E-state index is 0.742. The van der Waals surface area contributed by atoms with Crippen LogP contribution in [0.5, 0.6) is 0 Å². The highest BCUT2D eigenvalue weighted by Crippen LogP contribution is 2.40. The van der Waals surface area contributed by atoms with Crippen LogP contribution < -0.4 is 0 Å². The molecule has 0 N–H and O–H groups in total. The normalized spacial score (nSPS) is 10.8. The molecule has 0 unspecified atom stereocenters. The van der Waals surface area contributed by atoms with E-state index in [1.165, 1.54) is 15.6 Å².